The average Bonchev–Trinajstić information content (AvgIpc) is 3.00. The Morgan fingerprint density at radius 1 is 1.20 bits per heavy atom. The van der Waals surface area contributed by atoms with E-state index in [-0.39, 0.29) is 24.0 Å². The number of hydrogen-bond donors (Lipinski definition) is 1. The van der Waals surface area contributed by atoms with E-state index in [0.29, 0.717) is 6.54 Å². The van der Waals surface area contributed by atoms with Crippen molar-refractivity contribution >= 4 is 10.0 Å². The van der Waals surface area contributed by atoms with Crippen LogP contribution in [0.4, 0.5) is 0 Å². The highest BCUT2D eigenvalue weighted by molar-refractivity contribution is 7.89. The first-order chi connectivity index (χ1) is 11.9. The predicted octanol–water partition coefficient (Wildman–Crippen LogP) is 1.26. The van der Waals surface area contributed by atoms with E-state index in [9.17, 15) is 13.5 Å². The number of β-amino-alcohol motifs (C(OH)–C–C–N with tert-alkyl or cyclic N) is 1. The second kappa shape index (κ2) is 7.21. The molecule has 0 amide bonds. The van der Waals surface area contributed by atoms with Crippen LogP contribution in [0, 0.1) is 6.92 Å². The van der Waals surface area contributed by atoms with Gasteiger partial charge in [-0.3, -0.25) is 9.88 Å². The van der Waals surface area contributed by atoms with Crippen molar-refractivity contribution in [1.82, 2.24) is 14.2 Å². The molecule has 1 saturated heterocycles. The van der Waals surface area contributed by atoms with Crippen LogP contribution in [0.3, 0.4) is 0 Å². The van der Waals surface area contributed by atoms with Gasteiger partial charge in [0.05, 0.1) is 22.7 Å². The summed E-state index contributed by atoms with van der Waals surface area (Å²) in [5.74, 6) is 0. The molecule has 1 aromatic heterocycles. The Bertz CT molecular complexity index is 826. The van der Waals surface area contributed by atoms with Crippen molar-refractivity contribution in [1.29, 1.82) is 0 Å². The molecule has 3 rings (SSSR count). The van der Waals surface area contributed by atoms with Gasteiger partial charge in [0, 0.05) is 25.8 Å². The van der Waals surface area contributed by atoms with Crippen molar-refractivity contribution in [2.75, 3.05) is 20.1 Å². The summed E-state index contributed by atoms with van der Waals surface area (Å²) in [5.41, 5.74) is 2.01. The number of likely N-dealkylation sites (N-methyl/N-ethyl adjacent to an activating group) is 1. The van der Waals surface area contributed by atoms with Gasteiger partial charge >= 0.3 is 0 Å². The summed E-state index contributed by atoms with van der Waals surface area (Å²) in [5, 5.41) is 10.4. The van der Waals surface area contributed by atoms with Gasteiger partial charge in [0.25, 0.3) is 0 Å². The number of sulfonamides is 1. The SMILES string of the molecule is Cc1cccnc1CN(C)[C@H]1CN(S(=O)(=O)c2ccccc2)C[C@@H]1O. The molecule has 2 heterocycles. The van der Waals surface area contributed by atoms with Crippen molar-refractivity contribution in [3.05, 3.63) is 59.9 Å². The van der Waals surface area contributed by atoms with Crippen molar-refractivity contribution in [2.24, 2.45) is 0 Å². The van der Waals surface area contributed by atoms with Gasteiger partial charge in [0.1, 0.15) is 0 Å². The number of rotatable bonds is 5. The third-order valence-corrected chi connectivity index (χ3v) is 6.54. The predicted molar refractivity (Wildman–Crippen MR) is 95.4 cm³/mol. The molecule has 6 nitrogen and oxygen atoms in total. The molecule has 2 aromatic rings. The topological polar surface area (TPSA) is 73.7 Å². The van der Waals surface area contributed by atoms with Gasteiger partial charge in [-0.05, 0) is 37.7 Å². The van der Waals surface area contributed by atoms with E-state index in [1.54, 1.807) is 36.5 Å². The van der Waals surface area contributed by atoms with Crippen LogP contribution in [0.15, 0.2) is 53.6 Å². The molecule has 0 radical (unpaired) electrons. The number of hydrogen-bond acceptors (Lipinski definition) is 5. The fourth-order valence-electron chi connectivity index (χ4n) is 3.14. The van der Waals surface area contributed by atoms with Gasteiger partial charge < -0.3 is 5.11 Å². The van der Waals surface area contributed by atoms with Crippen LogP contribution in [0.5, 0.6) is 0 Å². The normalized spacial score (nSPS) is 21.8. The first-order valence-corrected chi connectivity index (χ1v) is 9.67. The van der Waals surface area contributed by atoms with Crippen LogP contribution >= 0.6 is 0 Å². The molecular weight excluding hydrogens is 338 g/mol. The Kier molecular flexibility index (Phi) is 5.19. The molecule has 0 spiro atoms. The van der Waals surface area contributed by atoms with Gasteiger partial charge in [0.2, 0.25) is 10.0 Å². The van der Waals surface area contributed by atoms with E-state index < -0.39 is 16.1 Å². The van der Waals surface area contributed by atoms with Crippen LogP contribution in [-0.4, -0.2) is 60.0 Å². The number of aromatic nitrogens is 1. The van der Waals surface area contributed by atoms with Crippen LogP contribution in [0.25, 0.3) is 0 Å². The lowest BCUT2D eigenvalue weighted by Crippen LogP contribution is -2.40. The largest absolute Gasteiger partial charge is 0.390 e. The Labute approximate surface area is 148 Å². The molecule has 1 aromatic carbocycles. The maximum Gasteiger partial charge on any atom is 0.243 e. The standard InChI is InChI=1S/C18H23N3O3S/c1-14-7-6-10-19-16(14)11-20(2)17-12-21(13-18(17)22)25(23,24)15-8-4-3-5-9-15/h3-10,17-18,22H,11-13H2,1-2H3/t17-,18-/m0/s1. The minimum absolute atomic E-state index is 0.105. The molecule has 1 fully saturated rings. The van der Waals surface area contributed by atoms with E-state index in [0.717, 1.165) is 11.3 Å². The van der Waals surface area contributed by atoms with Crippen molar-refractivity contribution in [3.63, 3.8) is 0 Å². The summed E-state index contributed by atoms with van der Waals surface area (Å²) in [6, 6.07) is 12.0. The van der Waals surface area contributed by atoms with Gasteiger partial charge in [-0.2, -0.15) is 4.31 Å². The summed E-state index contributed by atoms with van der Waals surface area (Å²) < 4.78 is 26.8. The second-order valence-corrected chi connectivity index (χ2v) is 8.39. The average molecular weight is 361 g/mol. The molecule has 2 atom stereocenters. The number of pyridine rings is 1. The smallest absolute Gasteiger partial charge is 0.243 e. The summed E-state index contributed by atoms with van der Waals surface area (Å²) in [7, 11) is -1.70. The van der Waals surface area contributed by atoms with Crippen LogP contribution in [-0.2, 0) is 16.6 Å². The fraction of sp³-hybridized carbons (Fsp3) is 0.389. The highest BCUT2D eigenvalue weighted by Gasteiger charge is 2.40. The lowest BCUT2D eigenvalue weighted by Gasteiger charge is -2.26. The lowest BCUT2D eigenvalue weighted by molar-refractivity contribution is 0.0945. The molecule has 25 heavy (non-hydrogen) atoms. The Balaban J connectivity index is 1.74. The zero-order valence-electron chi connectivity index (χ0n) is 14.4. The van der Waals surface area contributed by atoms with Crippen LogP contribution in [0.1, 0.15) is 11.3 Å². The van der Waals surface area contributed by atoms with Gasteiger partial charge in [-0.25, -0.2) is 8.42 Å². The molecule has 1 N–H and O–H groups in total. The minimum atomic E-state index is -3.59. The van der Waals surface area contributed by atoms with E-state index in [2.05, 4.69) is 4.98 Å². The second-order valence-electron chi connectivity index (χ2n) is 6.45. The number of aliphatic hydroxyl groups is 1. The molecule has 0 saturated carbocycles. The lowest BCUT2D eigenvalue weighted by atomic mass is 10.1. The summed E-state index contributed by atoms with van der Waals surface area (Å²) >= 11 is 0. The molecule has 1 aliphatic rings. The first-order valence-electron chi connectivity index (χ1n) is 8.23. The van der Waals surface area contributed by atoms with E-state index >= 15 is 0 Å². The number of nitrogens with zero attached hydrogens (tertiary/aromatic N) is 3. The number of benzene rings is 1. The van der Waals surface area contributed by atoms with Crippen LogP contribution in [0.2, 0.25) is 0 Å². The van der Waals surface area contributed by atoms with Crippen molar-refractivity contribution < 1.29 is 13.5 Å². The maximum absolute atomic E-state index is 12.7. The Morgan fingerprint density at radius 2 is 1.92 bits per heavy atom. The van der Waals surface area contributed by atoms with Crippen molar-refractivity contribution in [2.45, 2.75) is 30.5 Å². The monoisotopic (exact) mass is 361 g/mol. The number of aryl methyl sites for hydroxylation is 1. The zero-order valence-corrected chi connectivity index (χ0v) is 15.2. The molecule has 0 unspecified atom stereocenters. The molecule has 134 valence electrons. The van der Waals surface area contributed by atoms with Crippen LogP contribution < -0.4 is 0 Å². The van der Waals surface area contributed by atoms with Gasteiger partial charge in [-0.1, -0.05) is 24.3 Å². The molecule has 0 aliphatic carbocycles. The van der Waals surface area contributed by atoms with E-state index in [1.807, 2.05) is 31.0 Å². The molecule has 7 heteroatoms. The van der Waals surface area contributed by atoms with E-state index in [4.69, 9.17) is 0 Å². The molecular formula is C18H23N3O3S. The quantitative estimate of drug-likeness (QED) is 0.868. The fourth-order valence-corrected chi connectivity index (χ4v) is 4.64. The third-order valence-electron chi connectivity index (χ3n) is 4.69. The number of aliphatic hydroxyl groups excluding tert-OH is 1. The van der Waals surface area contributed by atoms with E-state index in [1.165, 1.54) is 4.31 Å². The van der Waals surface area contributed by atoms with Gasteiger partial charge in [0.15, 0.2) is 0 Å². The summed E-state index contributed by atoms with van der Waals surface area (Å²) in [6.07, 6.45) is 1.01. The van der Waals surface area contributed by atoms with Crippen molar-refractivity contribution in [3.8, 4) is 0 Å². The van der Waals surface area contributed by atoms with Gasteiger partial charge in [-0.15, -0.1) is 0 Å². The Hall–Kier alpha value is -1.80. The Morgan fingerprint density at radius 3 is 2.60 bits per heavy atom. The summed E-state index contributed by atoms with van der Waals surface area (Å²) in [4.78, 5) is 6.60. The summed E-state index contributed by atoms with van der Waals surface area (Å²) in [6.45, 7) is 2.93. The molecule has 0 bridgehead atoms. The molecule has 1 aliphatic heterocycles. The highest BCUT2D eigenvalue weighted by Crippen LogP contribution is 2.24. The minimum Gasteiger partial charge on any atom is -0.390 e. The maximum atomic E-state index is 12.7. The zero-order chi connectivity index (χ0) is 18.0. The third kappa shape index (κ3) is 3.74. The first kappa shape index (κ1) is 18.0. The highest BCUT2D eigenvalue weighted by atomic mass is 32.2.